The molecule has 1 aromatic carbocycles. The second-order valence-electron chi connectivity index (χ2n) is 5.24. The lowest BCUT2D eigenvalue weighted by molar-refractivity contribution is -0.130. The second kappa shape index (κ2) is 7.31. The van der Waals surface area contributed by atoms with Gasteiger partial charge in [-0.05, 0) is 12.1 Å². The first-order valence-electron chi connectivity index (χ1n) is 7.19. The molecule has 1 heterocycles. The zero-order valence-electron chi connectivity index (χ0n) is 12.4. The molecule has 2 rings (SSSR count). The Labute approximate surface area is 127 Å². The van der Waals surface area contributed by atoms with Crippen LogP contribution in [0.25, 0.3) is 0 Å². The lowest BCUT2D eigenvalue weighted by Crippen LogP contribution is -2.48. The van der Waals surface area contributed by atoms with Gasteiger partial charge in [-0.1, -0.05) is 6.07 Å². The minimum atomic E-state index is -0.788. The Hall–Kier alpha value is -2.02. The molecule has 22 heavy (non-hydrogen) atoms. The minimum absolute atomic E-state index is 0.0485. The van der Waals surface area contributed by atoms with Crippen LogP contribution in [0.1, 0.15) is 13.3 Å². The SMILES string of the molecule is CC(=O)N1CCN(CCC(=O)Nc2c(F)cccc2F)CC1. The van der Waals surface area contributed by atoms with Gasteiger partial charge >= 0.3 is 0 Å². The maximum Gasteiger partial charge on any atom is 0.225 e. The van der Waals surface area contributed by atoms with E-state index < -0.39 is 23.2 Å². The molecular weight excluding hydrogens is 292 g/mol. The average Bonchev–Trinajstić information content (AvgIpc) is 2.49. The summed E-state index contributed by atoms with van der Waals surface area (Å²) in [6, 6.07) is 3.44. The number of amides is 2. The van der Waals surface area contributed by atoms with Gasteiger partial charge in [0, 0.05) is 46.1 Å². The van der Waals surface area contributed by atoms with Gasteiger partial charge in [0.2, 0.25) is 11.8 Å². The van der Waals surface area contributed by atoms with Gasteiger partial charge in [-0.3, -0.25) is 14.5 Å². The van der Waals surface area contributed by atoms with Crippen LogP contribution in [-0.4, -0.2) is 54.3 Å². The molecule has 1 aliphatic rings. The average molecular weight is 311 g/mol. The molecule has 0 saturated carbocycles. The van der Waals surface area contributed by atoms with Crippen molar-refractivity contribution in [1.29, 1.82) is 0 Å². The highest BCUT2D eigenvalue weighted by Gasteiger charge is 2.19. The molecule has 0 aliphatic carbocycles. The third-order valence-electron chi connectivity index (χ3n) is 3.70. The van der Waals surface area contributed by atoms with Gasteiger partial charge in [0.15, 0.2) is 0 Å². The van der Waals surface area contributed by atoms with Crippen molar-refractivity contribution >= 4 is 17.5 Å². The van der Waals surface area contributed by atoms with Crippen LogP contribution in [-0.2, 0) is 9.59 Å². The molecule has 0 unspecified atom stereocenters. The van der Waals surface area contributed by atoms with Crippen LogP contribution >= 0.6 is 0 Å². The number of piperazine rings is 1. The molecule has 120 valence electrons. The third kappa shape index (κ3) is 4.24. The summed E-state index contributed by atoms with van der Waals surface area (Å²) in [5, 5.41) is 2.26. The van der Waals surface area contributed by atoms with Crippen molar-refractivity contribution in [2.75, 3.05) is 38.0 Å². The highest BCUT2D eigenvalue weighted by Crippen LogP contribution is 2.18. The first kappa shape index (κ1) is 16.4. The van der Waals surface area contributed by atoms with E-state index >= 15 is 0 Å². The van der Waals surface area contributed by atoms with Crippen LogP contribution in [0.4, 0.5) is 14.5 Å². The topological polar surface area (TPSA) is 52.7 Å². The molecule has 5 nitrogen and oxygen atoms in total. The van der Waals surface area contributed by atoms with Gasteiger partial charge < -0.3 is 10.2 Å². The minimum Gasteiger partial charge on any atom is -0.340 e. The molecule has 1 aliphatic heterocycles. The van der Waals surface area contributed by atoms with Crippen LogP contribution in [0.3, 0.4) is 0 Å². The molecule has 1 saturated heterocycles. The summed E-state index contributed by atoms with van der Waals surface area (Å²) < 4.78 is 26.8. The number of rotatable bonds is 4. The normalized spacial score (nSPS) is 15.7. The predicted molar refractivity (Wildman–Crippen MR) is 78.3 cm³/mol. The summed E-state index contributed by atoms with van der Waals surface area (Å²) >= 11 is 0. The van der Waals surface area contributed by atoms with E-state index in [0.717, 1.165) is 12.1 Å². The molecule has 2 amide bonds. The number of carbonyl (C=O) groups excluding carboxylic acids is 2. The Bertz CT molecular complexity index is 537. The third-order valence-corrected chi connectivity index (χ3v) is 3.70. The van der Waals surface area contributed by atoms with Crippen molar-refractivity contribution in [2.45, 2.75) is 13.3 Å². The summed E-state index contributed by atoms with van der Waals surface area (Å²) in [7, 11) is 0. The Kier molecular flexibility index (Phi) is 5.43. The smallest absolute Gasteiger partial charge is 0.225 e. The van der Waals surface area contributed by atoms with E-state index in [2.05, 4.69) is 10.2 Å². The van der Waals surface area contributed by atoms with Gasteiger partial charge in [-0.2, -0.15) is 0 Å². The van der Waals surface area contributed by atoms with E-state index in [9.17, 15) is 18.4 Å². The lowest BCUT2D eigenvalue weighted by atomic mass is 10.2. The highest BCUT2D eigenvalue weighted by molar-refractivity contribution is 5.91. The standard InChI is InChI=1S/C15H19F2N3O2/c1-11(21)20-9-7-19(8-10-20)6-5-14(22)18-15-12(16)3-2-4-13(15)17/h2-4H,5-10H2,1H3,(H,18,22). The summed E-state index contributed by atoms with van der Waals surface area (Å²) in [5.41, 5.74) is -0.408. The number of anilines is 1. The molecule has 0 radical (unpaired) electrons. The zero-order valence-corrected chi connectivity index (χ0v) is 12.4. The van der Waals surface area contributed by atoms with Crippen molar-refractivity contribution in [3.63, 3.8) is 0 Å². The van der Waals surface area contributed by atoms with E-state index in [4.69, 9.17) is 0 Å². The fourth-order valence-electron chi connectivity index (χ4n) is 2.37. The lowest BCUT2D eigenvalue weighted by Gasteiger charge is -2.34. The first-order chi connectivity index (χ1) is 10.5. The Morgan fingerprint density at radius 1 is 1.14 bits per heavy atom. The van der Waals surface area contributed by atoms with Crippen LogP contribution in [0.2, 0.25) is 0 Å². The summed E-state index contributed by atoms with van der Waals surface area (Å²) in [4.78, 5) is 26.8. The number of nitrogens with zero attached hydrogens (tertiary/aromatic N) is 2. The van der Waals surface area contributed by atoms with E-state index in [1.54, 1.807) is 4.90 Å². The molecule has 0 spiro atoms. The van der Waals surface area contributed by atoms with Crippen LogP contribution in [0, 0.1) is 11.6 Å². The molecule has 1 aromatic rings. The number of nitrogens with one attached hydrogen (secondary N) is 1. The molecule has 0 aromatic heterocycles. The van der Waals surface area contributed by atoms with Crippen molar-refractivity contribution < 1.29 is 18.4 Å². The van der Waals surface area contributed by atoms with Gasteiger partial charge in [-0.15, -0.1) is 0 Å². The quantitative estimate of drug-likeness (QED) is 0.916. The Morgan fingerprint density at radius 2 is 1.73 bits per heavy atom. The van der Waals surface area contributed by atoms with Crippen molar-refractivity contribution in [1.82, 2.24) is 9.80 Å². The van der Waals surface area contributed by atoms with Gasteiger partial charge in [0.25, 0.3) is 0 Å². The summed E-state index contributed by atoms with van der Waals surface area (Å²) in [6.45, 7) is 4.69. The number of hydrogen-bond acceptors (Lipinski definition) is 3. The van der Waals surface area contributed by atoms with Crippen LogP contribution in [0.5, 0.6) is 0 Å². The predicted octanol–water partition coefficient (Wildman–Crippen LogP) is 1.46. The molecule has 1 fully saturated rings. The highest BCUT2D eigenvalue weighted by atomic mass is 19.1. The molecular formula is C15H19F2N3O2. The fraction of sp³-hybridized carbons (Fsp3) is 0.467. The Morgan fingerprint density at radius 3 is 2.27 bits per heavy atom. The monoisotopic (exact) mass is 311 g/mol. The molecule has 1 N–H and O–H groups in total. The second-order valence-corrected chi connectivity index (χ2v) is 5.24. The number of carbonyl (C=O) groups is 2. The van der Waals surface area contributed by atoms with Crippen LogP contribution in [0.15, 0.2) is 18.2 Å². The first-order valence-corrected chi connectivity index (χ1v) is 7.19. The largest absolute Gasteiger partial charge is 0.340 e. The van der Waals surface area contributed by atoms with E-state index in [1.807, 2.05) is 0 Å². The van der Waals surface area contributed by atoms with Crippen molar-refractivity contribution in [3.05, 3.63) is 29.8 Å². The summed E-state index contributed by atoms with van der Waals surface area (Å²) in [5.74, 6) is -1.96. The van der Waals surface area contributed by atoms with Gasteiger partial charge in [0.05, 0.1) is 0 Å². The molecule has 0 bridgehead atoms. The Balaban J connectivity index is 1.78. The number of halogens is 2. The van der Waals surface area contributed by atoms with E-state index in [0.29, 0.717) is 32.7 Å². The molecule has 7 heteroatoms. The van der Waals surface area contributed by atoms with Gasteiger partial charge in [-0.25, -0.2) is 8.78 Å². The van der Waals surface area contributed by atoms with E-state index in [-0.39, 0.29) is 12.3 Å². The number of para-hydroxylation sites is 1. The zero-order chi connectivity index (χ0) is 16.1. The number of benzene rings is 1. The maximum atomic E-state index is 13.4. The van der Waals surface area contributed by atoms with Crippen molar-refractivity contribution in [2.24, 2.45) is 0 Å². The van der Waals surface area contributed by atoms with Gasteiger partial charge in [0.1, 0.15) is 17.3 Å². The van der Waals surface area contributed by atoms with E-state index in [1.165, 1.54) is 13.0 Å². The maximum absolute atomic E-state index is 13.4. The molecule has 0 atom stereocenters. The summed E-state index contributed by atoms with van der Waals surface area (Å²) in [6.07, 6.45) is 0.147. The van der Waals surface area contributed by atoms with Crippen LogP contribution < -0.4 is 5.32 Å². The van der Waals surface area contributed by atoms with Crippen molar-refractivity contribution in [3.8, 4) is 0 Å². The number of hydrogen-bond donors (Lipinski definition) is 1. The fourth-order valence-corrected chi connectivity index (χ4v) is 2.37.